The highest BCUT2D eigenvalue weighted by molar-refractivity contribution is 7.89. The van der Waals surface area contributed by atoms with E-state index >= 15 is 0 Å². The van der Waals surface area contributed by atoms with E-state index in [1.165, 1.54) is 18.2 Å². The monoisotopic (exact) mass is 357 g/mol. The van der Waals surface area contributed by atoms with Gasteiger partial charge in [0.1, 0.15) is 9.79 Å². The molecule has 2 aromatic carbocycles. The summed E-state index contributed by atoms with van der Waals surface area (Å²) in [5.41, 5.74) is -1.20. The zero-order chi connectivity index (χ0) is 17.2. The molecule has 0 spiro atoms. The molecule has 2 amide bonds. The smallest absolute Gasteiger partial charge is 0.288 e. The number of hydrogen-bond donors (Lipinski definition) is 3. The predicted octanol–water partition coefficient (Wildman–Crippen LogP) is 0.217. The Morgan fingerprint density at radius 1 is 0.739 bits per heavy atom. The second-order valence-electron chi connectivity index (χ2n) is 4.69. The molecule has 0 saturated carbocycles. The lowest BCUT2D eigenvalue weighted by atomic mass is 10.00. The van der Waals surface area contributed by atoms with E-state index in [1.807, 2.05) is 5.32 Å². The first kappa shape index (κ1) is 15.6. The molecule has 9 nitrogen and oxygen atoms in total. The summed E-state index contributed by atoms with van der Waals surface area (Å²) in [6.45, 7) is 0. The molecule has 0 fully saturated rings. The molecule has 1 aliphatic heterocycles. The van der Waals surface area contributed by atoms with Crippen LogP contribution in [0, 0.1) is 0 Å². The molecule has 11 heteroatoms. The quantitative estimate of drug-likeness (QED) is 0.509. The summed E-state index contributed by atoms with van der Waals surface area (Å²) in [7, 11) is -10.4. The Morgan fingerprint density at radius 3 is 1.74 bits per heavy atom. The molecular formula is C12H7NO8S2. The van der Waals surface area contributed by atoms with Gasteiger partial charge in [-0.3, -0.25) is 24.0 Å². The highest BCUT2D eigenvalue weighted by atomic mass is 32.2. The minimum Gasteiger partial charge on any atom is -0.288 e. The van der Waals surface area contributed by atoms with Crippen molar-refractivity contribution < 1.29 is 35.5 Å². The lowest BCUT2D eigenvalue weighted by molar-refractivity contribution is 0.0878. The zero-order valence-corrected chi connectivity index (χ0v) is 12.6. The number of carbonyl (C=O) groups is 2. The Bertz CT molecular complexity index is 1120. The minimum absolute atomic E-state index is 0.0501. The van der Waals surface area contributed by atoms with Gasteiger partial charge in [-0.05, 0) is 5.39 Å². The van der Waals surface area contributed by atoms with Gasteiger partial charge < -0.3 is 0 Å². The molecule has 1 heterocycles. The molecular weight excluding hydrogens is 350 g/mol. The molecule has 0 saturated heterocycles. The first-order valence-corrected chi connectivity index (χ1v) is 8.81. The van der Waals surface area contributed by atoms with Crippen molar-refractivity contribution in [3.63, 3.8) is 0 Å². The van der Waals surface area contributed by atoms with Crippen LogP contribution in [0.15, 0.2) is 34.1 Å². The normalized spacial score (nSPS) is 14.9. The molecule has 0 unspecified atom stereocenters. The van der Waals surface area contributed by atoms with E-state index in [4.69, 9.17) is 0 Å². The molecule has 3 rings (SSSR count). The first-order valence-electron chi connectivity index (χ1n) is 5.93. The van der Waals surface area contributed by atoms with E-state index in [9.17, 15) is 35.5 Å². The number of carbonyl (C=O) groups excluding carboxylic acids is 2. The van der Waals surface area contributed by atoms with E-state index in [0.717, 1.165) is 6.07 Å². The van der Waals surface area contributed by atoms with E-state index in [-0.39, 0.29) is 16.3 Å². The summed E-state index contributed by atoms with van der Waals surface area (Å²) in [5, 5.41) is 1.47. The third kappa shape index (κ3) is 2.21. The van der Waals surface area contributed by atoms with Gasteiger partial charge in [-0.15, -0.1) is 0 Å². The van der Waals surface area contributed by atoms with Crippen LogP contribution < -0.4 is 5.32 Å². The van der Waals surface area contributed by atoms with Crippen molar-refractivity contribution in [2.45, 2.75) is 9.79 Å². The molecule has 23 heavy (non-hydrogen) atoms. The average Bonchev–Trinajstić information content (AvgIpc) is 2.70. The van der Waals surface area contributed by atoms with E-state index < -0.39 is 47.4 Å². The van der Waals surface area contributed by atoms with Crippen LogP contribution in [0.1, 0.15) is 20.7 Å². The fraction of sp³-hybridized carbons (Fsp3) is 0. The maximum Gasteiger partial charge on any atom is 0.296 e. The number of rotatable bonds is 2. The Kier molecular flexibility index (Phi) is 3.10. The first-order chi connectivity index (χ1) is 10.5. The van der Waals surface area contributed by atoms with Crippen LogP contribution >= 0.6 is 0 Å². The number of fused-ring (bicyclic) bond motifs is 3. The van der Waals surface area contributed by atoms with Gasteiger partial charge in [0.2, 0.25) is 0 Å². The fourth-order valence-corrected chi connectivity index (χ4v) is 4.79. The predicted molar refractivity (Wildman–Crippen MR) is 75.4 cm³/mol. The van der Waals surface area contributed by atoms with Crippen molar-refractivity contribution in [3.8, 4) is 0 Å². The van der Waals surface area contributed by atoms with Crippen molar-refractivity contribution >= 4 is 42.8 Å². The minimum atomic E-state index is -5.24. The van der Waals surface area contributed by atoms with Crippen molar-refractivity contribution in [1.29, 1.82) is 0 Å². The zero-order valence-electron chi connectivity index (χ0n) is 11.0. The molecule has 0 atom stereocenters. The van der Waals surface area contributed by atoms with Gasteiger partial charge >= 0.3 is 0 Å². The number of nitrogens with one attached hydrogen (secondary N) is 1. The van der Waals surface area contributed by atoms with Crippen LogP contribution in [0.5, 0.6) is 0 Å². The lowest BCUT2D eigenvalue weighted by Gasteiger charge is -2.12. The average molecular weight is 357 g/mol. The highest BCUT2D eigenvalue weighted by Gasteiger charge is 2.41. The van der Waals surface area contributed by atoms with Gasteiger partial charge in [0, 0.05) is 5.39 Å². The van der Waals surface area contributed by atoms with Crippen LogP contribution in [-0.2, 0) is 20.2 Å². The third-order valence-corrected chi connectivity index (χ3v) is 5.31. The number of hydrogen-bond acceptors (Lipinski definition) is 6. The fourth-order valence-electron chi connectivity index (χ4n) is 2.57. The van der Waals surface area contributed by atoms with Crippen LogP contribution in [-0.4, -0.2) is 37.8 Å². The Balaban J connectivity index is 2.78. The van der Waals surface area contributed by atoms with Gasteiger partial charge in [0.05, 0.1) is 11.1 Å². The standard InChI is InChI=1S/C12H7NO8S2/c14-11-7-5-3-1-2-4-6(5)9(22(16,17)18)10(23(19,20)21)8(7)12(15)13-11/h1-4H,(H,13,14,15)(H,16,17,18)(H,19,20,21). The van der Waals surface area contributed by atoms with Crippen molar-refractivity contribution in [2.24, 2.45) is 0 Å². The second-order valence-corrected chi connectivity index (χ2v) is 7.40. The van der Waals surface area contributed by atoms with Gasteiger partial charge in [-0.1, -0.05) is 24.3 Å². The van der Waals surface area contributed by atoms with E-state index in [1.54, 1.807) is 0 Å². The molecule has 120 valence electrons. The van der Waals surface area contributed by atoms with Crippen LogP contribution in [0.25, 0.3) is 10.8 Å². The van der Waals surface area contributed by atoms with Crippen LogP contribution in [0.3, 0.4) is 0 Å². The molecule has 0 bridgehead atoms. The van der Waals surface area contributed by atoms with E-state index in [2.05, 4.69) is 0 Å². The molecule has 1 aliphatic rings. The largest absolute Gasteiger partial charge is 0.296 e. The SMILES string of the molecule is O=C1NC(=O)c2c1c(S(=O)(=O)O)c(S(=O)(=O)O)c1ccccc21. The summed E-state index contributed by atoms with van der Waals surface area (Å²) in [5.74, 6) is -2.12. The van der Waals surface area contributed by atoms with Gasteiger partial charge in [-0.2, -0.15) is 16.8 Å². The Hall–Kier alpha value is -2.34. The van der Waals surface area contributed by atoms with Crippen molar-refractivity contribution in [3.05, 3.63) is 35.4 Å². The van der Waals surface area contributed by atoms with Crippen molar-refractivity contribution in [2.75, 3.05) is 0 Å². The molecule has 0 radical (unpaired) electrons. The summed E-state index contributed by atoms with van der Waals surface area (Å²) < 4.78 is 65.4. The summed E-state index contributed by atoms with van der Waals surface area (Å²) in [4.78, 5) is 21.3. The lowest BCUT2D eigenvalue weighted by Crippen LogP contribution is -2.21. The Morgan fingerprint density at radius 2 is 1.22 bits per heavy atom. The molecule has 3 N–H and O–H groups in total. The maximum atomic E-state index is 11.9. The number of imide groups is 1. The van der Waals surface area contributed by atoms with Gasteiger partial charge in [0.25, 0.3) is 32.1 Å². The number of benzene rings is 2. The maximum absolute atomic E-state index is 11.9. The van der Waals surface area contributed by atoms with Crippen molar-refractivity contribution in [1.82, 2.24) is 5.32 Å². The molecule has 2 aromatic rings. The Labute approximate surface area is 129 Å². The molecule has 0 aromatic heterocycles. The highest BCUT2D eigenvalue weighted by Crippen LogP contribution is 2.38. The van der Waals surface area contributed by atoms with E-state index in [0.29, 0.717) is 0 Å². The molecule has 0 aliphatic carbocycles. The summed E-state index contributed by atoms with van der Waals surface area (Å²) in [6.07, 6.45) is 0. The van der Waals surface area contributed by atoms with Gasteiger partial charge in [0.15, 0.2) is 0 Å². The van der Waals surface area contributed by atoms with Crippen LogP contribution in [0.2, 0.25) is 0 Å². The summed E-state index contributed by atoms with van der Waals surface area (Å²) in [6, 6.07) is 5.20. The van der Waals surface area contributed by atoms with Crippen LogP contribution in [0.4, 0.5) is 0 Å². The third-order valence-electron chi connectivity index (χ3n) is 3.32. The van der Waals surface area contributed by atoms with Gasteiger partial charge in [-0.25, -0.2) is 0 Å². The topological polar surface area (TPSA) is 155 Å². The summed E-state index contributed by atoms with van der Waals surface area (Å²) >= 11 is 0. The second kappa shape index (κ2) is 4.58. The number of amides is 2.